The molecule has 124 valence electrons. The second-order valence-corrected chi connectivity index (χ2v) is 6.06. The Kier molecular flexibility index (Phi) is 3.90. The van der Waals surface area contributed by atoms with Crippen LogP contribution in [-0.2, 0) is 6.42 Å². The van der Waals surface area contributed by atoms with Crippen molar-refractivity contribution in [3.8, 4) is 0 Å². The second kappa shape index (κ2) is 6.36. The number of para-hydroxylation sites is 2. The quantitative estimate of drug-likeness (QED) is 0.795. The second-order valence-electron chi connectivity index (χ2n) is 6.06. The van der Waals surface area contributed by atoms with Crippen molar-refractivity contribution < 1.29 is 4.79 Å². The third-order valence-corrected chi connectivity index (χ3v) is 4.41. The van der Waals surface area contributed by atoms with E-state index in [1.54, 1.807) is 11.1 Å². The molecule has 0 unspecified atom stereocenters. The van der Waals surface area contributed by atoms with Crippen molar-refractivity contribution in [2.24, 2.45) is 0 Å². The first-order valence-corrected chi connectivity index (χ1v) is 8.27. The molecule has 3 aromatic rings. The maximum atomic E-state index is 12.7. The predicted octanol–water partition coefficient (Wildman–Crippen LogP) is 3.73. The Balaban J connectivity index is 1.53. The summed E-state index contributed by atoms with van der Waals surface area (Å²) >= 11 is 0. The van der Waals surface area contributed by atoms with Crippen LogP contribution in [0.1, 0.15) is 21.6 Å². The standard InChI is InChI=1S/C20H18N4O/c1-14-6-2-4-8-16(14)23-19-13-21-17(12-22-19)20(25)24-11-10-15-7-3-5-9-18(15)24/h2-9,12-13H,10-11H2,1H3,(H,22,23). The molecule has 0 spiro atoms. The Morgan fingerprint density at radius 3 is 2.64 bits per heavy atom. The Bertz CT molecular complexity index is 921. The van der Waals surface area contributed by atoms with Gasteiger partial charge in [-0.05, 0) is 36.6 Å². The fourth-order valence-electron chi connectivity index (χ4n) is 3.04. The molecule has 0 atom stereocenters. The average molecular weight is 330 g/mol. The van der Waals surface area contributed by atoms with E-state index in [0.29, 0.717) is 18.1 Å². The summed E-state index contributed by atoms with van der Waals surface area (Å²) in [4.78, 5) is 23.2. The van der Waals surface area contributed by atoms with Gasteiger partial charge in [0.25, 0.3) is 5.91 Å². The van der Waals surface area contributed by atoms with Crippen molar-refractivity contribution in [2.75, 3.05) is 16.8 Å². The topological polar surface area (TPSA) is 58.1 Å². The van der Waals surface area contributed by atoms with Crippen LogP contribution in [0, 0.1) is 6.92 Å². The number of amides is 1. The van der Waals surface area contributed by atoms with Crippen LogP contribution in [0.25, 0.3) is 0 Å². The van der Waals surface area contributed by atoms with Crippen LogP contribution >= 0.6 is 0 Å². The van der Waals surface area contributed by atoms with Gasteiger partial charge in [-0.15, -0.1) is 0 Å². The van der Waals surface area contributed by atoms with Crippen molar-refractivity contribution in [1.82, 2.24) is 9.97 Å². The molecule has 5 nitrogen and oxygen atoms in total. The van der Waals surface area contributed by atoms with Crippen molar-refractivity contribution in [3.63, 3.8) is 0 Å². The molecule has 1 aliphatic rings. The highest BCUT2D eigenvalue weighted by Crippen LogP contribution is 2.28. The highest BCUT2D eigenvalue weighted by Gasteiger charge is 2.26. The van der Waals surface area contributed by atoms with Gasteiger partial charge in [0, 0.05) is 17.9 Å². The molecule has 1 aromatic heterocycles. The van der Waals surface area contributed by atoms with E-state index in [0.717, 1.165) is 23.4 Å². The third-order valence-electron chi connectivity index (χ3n) is 4.41. The van der Waals surface area contributed by atoms with Crippen LogP contribution in [0.4, 0.5) is 17.2 Å². The van der Waals surface area contributed by atoms with Crippen molar-refractivity contribution in [1.29, 1.82) is 0 Å². The first-order valence-electron chi connectivity index (χ1n) is 8.27. The number of carbonyl (C=O) groups is 1. The Morgan fingerprint density at radius 2 is 1.84 bits per heavy atom. The number of nitrogens with one attached hydrogen (secondary N) is 1. The smallest absolute Gasteiger partial charge is 0.278 e. The fourth-order valence-corrected chi connectivity index (χ4v) is 3.04. The van der Waals surface area contributed by atoms with Gasteiger partial charge in [-0.3, -0.25) is 4.79 Å². The molecule has 2 aromatic carbocycles. The van der Waals surface area contributed by atoms with Gasteiger partial charge in [-0.25, -0.2) is 9.97 Å². The zero-order valence-corrected chi connectivity index (χ0v) is 13.9. The summed E-state index contributed by atoms with van der Waals surface area (Å²) < 4.78 is 0. The maximum absolute atomic E-state index is 12.7. The highest BCUT2D eigenvalue weighted by atomic mass is 16.2. The van der Waals surface area contributed by atoms with Gasteiger partial charge in [0.2, 0.25) is 0 Å². The molecule has 4 rings (SSSR count). The van der Waals surface area contributed by atoms with E-state index in [-0.39, 0.29) is 5.91 Å². The summed E-state index contributed by atoms with van der Waals surface area (Å²) in [6, 6.07) is 15.9. The van der Waals surface area contributed by atoms with E-state index in [9.17, 15) is 4.79 Å². The highest BCUT2D eigenvalue weighted by molar-refractivity contribution is 6.05. The van der Waals surface area contributed by atoms with Crippen molar-refractivity contribution in [2.45, 2.75) is 13.3 Å². The van der Waals surface area contributed by atoms with Crippen molar-refractivity contribution in [3.05, 3.63) is 77.7 Å². The molecule has 0 saturated heterocycles. The van der Waals surface area contributed by atoms with Gasteiger partial charge in [-0.2, -0.15) is 0 Å². The number of fused-ring (bicyclic) bond motifs is 1. The molecule has 0 bridgehead atoms. The minimum atomic E-state index is -0.111. The minimum Gasteiger partial charge on any atom is -0.339 e. The fraction of sp³-hybridized carbons (Fsp3) is 0.150. The summed E-state index contributed by atoms with van der Waals surface area (Å²) in [6.07, 6.45) is 4.01. The minimum absolute atomic E-state index is 0.111. The van der Waals surface area contributed by atoms with E-state index < -0.39 is 0 Å². The number of carbonyl (C=O) groups excluding carboxylic acids is 1. The molecule has 1 N–H and O–H groups in total. The lowest BCUT2D eigenvalue weighted by Gasteiger charge is -2.16. The van der Waals surface area contributed by atoms with E-state index in [4.69, 9.17) is 0 Å². The molecule has 2 heterocycles. The normalized spacial score (nSPS) is 12.8. The van der Waals surface area contributed by atoms with Crippen LogP contribution in [0.15, 0.2) is 60.9 Å². The maximum Gasteiger partial charge on any atom is 0.278 e. The molecule has 1 amide bonds. The molecule has 1 aliphatic heterocycles. The Labute approximate surface area is 146 Å². The number of aryl methyl sites for hydroxylation is 1. The number of anilines is 3. The summed E-state index contributed by atoms with van der Waals surface area (Å²) in [7, 11) is 0. The number of aromatic nitrogens is 2. The lowest BCUT2D eigenvalue weighted by molar-refractivity contribution is 0.0984. The van der Waals surface area contributed by atoms with Crippen LogP contribution < -0.4 is 10.2 Å². The molecule has 0 saturated carbocycles. The summed E-state index contributed by atoms with van der Waals surface area (Å²) in [5.41, 5.74) is 4.62. The van der Waals surface area contributed by atoms with E-state index in [1.165, 1.54) is 11.8 Å². The summed E-state index contributed by atoms with van der Waals surface area (Å²) in [5, 5.41) is 3.22. The number of nitrogens with zero attached hydrogens (tertiary/aromatic N) is 3. The molecule has 25 heavy (non-hydrogen) atoms. The molecular weight excluding hydrogens is 312 g/mol. The van der Waals surface area contributed by atoms with E-state index >= 15 is 0 Å². The van der Waals surface area contributed by atoms with E-state index in [2.05, 4.69) is 21.4 Å². The van der Waals surface area contributed by atoms with Crippen LogP contribution in [0.3, 0.4) is 0 Å². The van der Waals surface area contributed by atoms with Gasteiger partial charge in [-0.1, -0.05) is 36.4 Å². The SMILES string of the molecule is Cc1ccccc1Nc1cnc(C(=O)N2CCc3ccccc32)cn1. The molecule has 0 aliphatic carbocycles. The first kappa shape index (κ1) is 15.3. The number of hydrogen-bond donors (Lipinski definition) is 1. The van der Waals surface area contributed by atoms with E-state index in [1.807, 2.05) is 49.4 Å². The van der Waals surface area contributed by atoms with Crippen LogP contribution in [0.2, 0.25) is 0 Å². The monoisotopic (exact) mass is 330 g/mol. The van der Waals surface area contributed by atoms with Gasteiger partial charge >= 0.3 is 0 Å². The van der Waals surface area contributed by atoms with Crippen LogP contribution in [0.5, 0.6) is 0 Å². The summed E-state index contributed by atoms with van der Waals surface area (Å²) in [6.45, 7) is 2.71. The molecule has 5 heteroatoms. The van der Waals surface area contributed by atoms with Gasteiger partial charge < -0.3 is 10.2 Å². The molecule has 0 radical (unpaired) electrons. The number of benzene rings is 2. The van der Waals surface area contributed by atoms with Gasteiger partial charge in [0.05, 0.1) is 12.4 Å². The van der Waals surface area contributed by atoms with Crippen molar-refractivity contribution >= 4 is 23.1 Å². The largest absolute Gasteiger partial charge is 0.339 e. The summed E-state index contributed by atoms with van der Waals surface area (Å²) in [5.74, 6) is 0.507. The average Bonchev–Trinajstić information content (AvgIpc) is 3.08. The van der Waals surface area contributed by atoms with Gasteiger partial charge in [0.15, 0.2) is 0 Å². The zero-order valence-electron chi connectivity index (χ0n) is 13.9. The van der Waals surface area contributed by atoms with Gasteiger partial charge in [0.1, 0.15) is 11.5 Å². The lowest BCUT2D eigenvalue weighted by atomic mass is 10.2. The number of rotatable bonds is 3. The zero-order chi connectivity index (χ0) is 17.2. The molecular formula is C20H18N4O. The third kappa shape index (κ3) is 2.96. The Hall–Kier alpha value is -3.21. The lowest BCUT2D eigenvalue weighted by Crippen LogP contribution is -2.29. The van der Waals surface area contributed by atoms with Crippen LogP contribution in [-0.4, -0.2) is 22.4 Å². The first-order chi connectivity index (χ1) is 12.2. The molecule has 0 fully saturated rings. The predicted molar refractivity (Wildman–Crippen MR) is 98.3 cm³/mol. The Morgan fingerprint density at radius 1 is 1.04 bits per heavy atom. The number of hydrogen-bond acceptors (Lipinski definition) is 4.